The Morgan fingerprint density at radius 1 is 1.08 bits per heavy atom. The highest BCUT2D eigenvalue weighted by Crippen LogP contribution is 2.18. The van der Waals surface area contributed by atoms with Gasteiger partial charge in [0.2, 0.25) is 10.0 Å². The second kappa shape index (κ2) is 9.19. The van der Waals surface area contributed by atoms with Crippen molar-refractivity contribution in [2.75, 3.05) is 13.1 Å². The molecular formula is C22H23NO2S. The van der Waals surface area contributed by atoms with Gasteiger partial charge in [-0.3, -0.25) is 0 Å². The van der Waals surface area contributed by atoms with E-state index in [4.69, 9.17) is 6.42 Å². The van der Waals surface area contributed by atoms with Gasteiger partial charge in [-0.15, -0.1) is 6.42 Å². The molecule has 0 amide bonds. The van der Waals surface area contributed by atoms with Crippen LogP contribution in [0, 0.1) is 19.3 Å². The number of hydrogen-bond donors (Lipinski definition) is 0. The maximum Gasteiger partial charge on any atom is 0.243 e. The fourth-order valence-electron chi connectivity index (χ4n) is 2.42. The molecule has 0 N–H and O–H groups in total. The SMILES string of the molecule is C#C/C(=C\CN(CC=CC)S(=O)(=O)c1ccc(C)cc1)c1ccccc1. The molecule has 0 heterocycles. The third-order valence-electron chi connectivity index (χ3n) is 3.94. The number of aryl methyl sites for hydroxylation is 1. The highest BCUT2D eigenvalue weighted by molar-refractivity contribution is 7.89. The third kappa shape index (κ3) is 4.95. The standard InChI is InChI=1S/C22H23NO2S/c1-4-6-17-23(26(24,25)22-14-12-19(3)13-15-22)18-16-20(5-2)21-10-8-7-9-11-21/h2,4,6-16H,17-18H2,1,3H3/b6-4?,20-16+. The van der Waals surface area contributed by atoms with E-state index in [9.17, 15) is 8.42 Å². The highest BCUT2D eigenvalue weighted by atomic mass is 32.2. The van der Waals surface area contributed by atoms with Gasteiger partial charge in [-0.05, 0) is 31.5 Å². The van der Waals surface area contributed by atoms with Crippen molar-refractivity contribution in [1.29, 1.82) is 0 Å². The van der Waals surface area contributed by atoms with Crippen LogP contribution in [-0.2, 0) is 10.0 Å². The molecule has 0 unspecified atom stereocenters. The number of sulfonamides is 1. The number of hydrogen-bond acceptors (Lipinski definition) is 2. The fourth-order valence-corrected chi connectivity index (χ4v) is 3.76. The van der Waals surface area contributed by atoms with Crippen LogP contribution in [0.2, 0.25) is 0 Å². The van der Waals surface area contributed by atoms with Crippen molar-refractivity contribution in [2.24, 2.45) is 0 Å². The quantitative estimate of drug-likeness (QED) is 0.542. The Labute approximate surface area is 156 Å². The van der Waals surface area contributed by atoms with Gasteiger partial charge >= 0.3 is 0 Å². The second-order valence-corrected chi connectivity index (χ2v) is 7.77. The van der Waals surface area contributed by atoms with Crippen molar-refractivity contribution in [3.8, 4) is 12.3 Å². The maximum absolute atomic E-state index is 13.0. The number of benzene rings is 2. The summed E-state index contributed by atoms with van der Waals surface area (Å²) in [6.07, 6.45) is 11.1. The van der Waals surface area contributed by atoms with Crippen molar-refractivity contribution >= 4 is 15.6 Å². The summed E-state index contributed by atoms with van der Waals surface area (Å²) in [5.41, 5.74) is 2.59. The first kappa shape index (κ1) is 19.7. The number of allylic oxidation sites excluding steroid dienone is 2. The van der Waals surface area contributed by atoms with Gasteiger partial charge in [0.05, 0.1) is 4.90 Å². The normalized spacial score (nSPS) is 12.5. The zero-order valence-corrected chi connectivity index (χ0v) is 15.9. The van der Waals surface area contributed by atoms with Gasteiger partial charge in [0.1, 0.15) is 0 Å². The zero-order valence-electron chi connectivity index (χ0n) is 15.1. The van der Waals surface area contributed by atoms with Crippen molar-refractivity contribution in [3.05, 3.63) is 84.0 Å². The lowest BCUT2D eigenvalue weighted by Gasteiger charge is -2.20. The maximum atomic E-state index is 13.0. The molecule has 0 fully saturated rings. The average molecular weight is 365 g/mol. The molecule has 2 aromatic rings. The first-order chi connectivity index (χ1) is 12.5. The number of nitrogens with zero attached hydrogens (tertiary/aromatic N) is 1. The Morgan fingerprint density at radius 3 is 2.31 bits per heavy atom. The van der Waals surface area contributed by atoms with Crippen LogP contribution in [-0.4, -0.2) is 25.8 Å². The van der Waals surface area contributed by atoms with Crippen molar-refractivity contribution in [3.63, 3.8) is 0 Å². The van der Waals surface area contributed by atoms with E-state index in [0.29, 0.717) is 5.57 Å². The van der Waals surface area contributed by atoms with Crippen LogP contribution in [0.4, 0.5) is 0 Å². The molecule has 3 nitrogen and oxygen atoms in total. The van der Waals surface area contributed by atoms with Gasteiger partial charge in [0, 0.05) is 18.7 Å². The van der Waals surface area contributed by atoms with Crippen LogP contribution in [0.25, 0.3) is 5.57 Å². The van der Waals surface area contributed by atoms with Crippen molar-refractivity contribution in [1.82, 2.24) is 4.31 Å². The highest BCUT2D eigenvalue weighted by Gasteiger charge is 2.22. The van der Waals surface area contributed by atoms with Crippen LogP contribution in [0.1, 0.15) is 18.1 Å². The Balaban J connectivity index is 2.34. The Morgan fingerprint density at radius 2 is 1.73 bits per heavy atom. The van der Waals surface area contributed by atoms with E-state index >= 15 is 0 Å². The topological polar surface area (TPSA) is 37.4 Å². The molecule has 0 aliphatic rings. The predicted octanol–water partition coefficient (Wildman–Crippen LogP) is 4.28. The van der Waals surface area contributed by atoms with Gasteiger partial charge in [-0.25, -0.2) is 8.42 Å². The monoisotopic (exact) mass is 365 g/mol. The van der Waals surface area contributed by atoms with E-state index in [0.717, 1.165) is 11.1 Å². The summed E-state index contributed by atoms with van der Waals surface area (Å²) in [6.45, 7) is 4.28. The molecule has 0 atom stereocenters. The van der Waals surface area contributed by atoms with Crippen LogP contribution in [0.3, 0.4) is 0 Å². The van der Waals surface area contributed by atoms with Gasteiger partial charge < -0.3 is 0 Å². The molecule has 0 radical (unpaired) electrons. The molecule has 0 bridgehead atoms. The van der Waals surface area contributed by atoms with E-state index in [-0.39, 0.29) is 18.0 Å². The molecule has 0 aliphatic carbocycles. The summed E-state index contributed by atoms with van der Waals surface area (Å²) in [4.78, 5) is 0.281. The zero-order chi connectivity index (χ0) is 19.0. The minimum atomic E-state index is -3.61. The van der Waals surface area contributed by atoms with E-state index in [1.807, 2.05) is 56.3 Å². The van der Waals surface area contributed by atoms with E-state index < -0.39 is 10.0 Å². The summed E-state index contributed by atoms with van der Waals surface area (Å²) < 4.78 is 27.4. The van der Waals surface area contributed by atoms with Crippen molar-refractivity contribution < 1.29 is 8.42 Å². The first-order valence-corrected chi connectivity index (χ1v) is 9.83. The molecule has 0 saturated carbocycles. The largest absolute Gasteiger partial charge is 0.243 e. The molecule has 134 valence electrons. The lowest BCUT2D eigenvalue weighted by molar-refractivity contribution is 0.474. The van der Waals surface area contributed by atoms with Gasteiger partial charge in [0.15, 0.2) is 0 Å². The molecule has 2 aromatic carbocycles. The molecule has 26 heavy (non-hydrogen) atoms. The minimum Gasteiger partial charge on any atom is -0.207 e. The van der Waals surface area contributed by atoms with Crippen LogP contribution >= 0.6 is 0 Å². The predicted molar refractivity (Wildman–Crippen MR) is 108 cm³/mol. The van der Waals surface area contributed by atoms with Crippen LogP contribution in [0.15, 0.2) is 77.7 Å². The first-order valence-electron chi connectivity index (χ1n) is 8.39. The second-order valence-electron chi connectivity index (χ2n) is 5.83. The smallest absolute Gasteiger partial charge is 0.207 e. The summed E-state index contributed by atoms with van der Waals surface area (Å²) >= 11 is 0. The molecule has 0 aliphatic heterocycles. The average Bonchev–Trinajstić information content (AvgIpc) is 2.65. The Hall–Kier alpha value is -2.61. The summed E-state index contributed by atoms with van der Waals surface area (Å²) in [6, 6.07) is 16.4. The van der Waals surface area contributed by atoms with Gasteiger partial charge in [-0.1, -0.05) is 72.2 Å². The van der Waals surface area contributed by atoms with Crippen molar-refractivity contribution in [2.45, 2.75) is 18.7 Å². The molecule has 0 saturated heterocycles. The van der Waals surface area contributed by atoms with E-state index in [1.54, 1.807) is 30.3 Å². The van der Waals surface area contributed by atoms with E-state index in [1.165, 1.54) is 4.31 Å². The lowest BCUT2D eigenvalue weighted by atomic mass is 10.1. The van der Waals surface area contributed by atoms with Gasteiger partial charge in [-0.2, -0.15) is 4.31 Å². The van der Waals surface area contributed by atoms with E-state index in [2.05, 4.69) is 5.92 Å². The third-order valence-corrected chi connectivity index (χ3v) is 5.79. The van der Waals surface area contributed by atoms with Gasteiger partial charge in [0.25, 0.3) is 0 Å². The lowest BCUT2D eigenvalue weighted by Crippen LogP contribution is -2.31. The molecule has 4 heteroatoms. The summed E-state index contributed by atoms with van der Waals surface area (Å²) in [5.74, 6) is 2.65. The molecule has 0 spiro atoms. The fraction of sp³-hybridized carbons (Fsp3) is 0.182. The Kier molecular flexibility index (Phi) is 6.97. The molecule has 0 aromatic heterocycles. The minimum absolute atomic E-state index is 0.203. The summed E-state index contributed by atoms with van der Waals surface area (Å²) in [7, 11) is -3.61. The number of terminal acetylenes is 1. The Bertz CT molecular complexity index is 918. The number of rotatable bonds is 7. The molecule has 2 rings (SSSR count). The summed E-state index contributed by atoms with van der Waals surface area (Å²) in [5, 5.41) is 0. The molecular weight excluding hydrogens is 342 g/mol. The van der Waals surface area contributed by atoms with Crippen LogP contribution < -0.4 is 0 Å². The van der Waals surface area contributed by atoms with Crippen LogP contribution in [0.5, 0.6) is 0 Å².